The molecule has 1 fully saturated rings. The lowest BCUT2D eigenvalue weighted by atomic mass is 9.87. The molecule has 2 aromatic rings. The van der Waals surface area contributed by atoms with Crippen LogP contribution in [0.5, 0.6) is 0 Å². The standard InChI is InChI=1S/C22H31N3O/c1-16-12-17(2)25(23-16)15-18-8-6-9-19(13-18)21(26)24-11-7-10-20(24)14-22(3,4)5/h6,8-9,12-13,20H,7,10-11,14-15H2,1-5H3. The Morgan fingerprint density at radius 2 is 2.00 bits per heavy atom. The van der Waals surface area contributed by atoms with E-state index in [-0.39, 0.29) is 11.3 Å². The molecule has 4 heteroatoms. The van der Waals surface area contributed by atoms with Gasteiger partial charge >= 0.3 is 0 Å². The molecular weight excluding hydrogens is 322 g/mol. The van der Waals surface area contributed by atoms with Crippen molar-refractivity contribution in [1.82, 2.24) is 14.7 Å². The zero-order chi connectivity index (χ0) is 18.9. The molecule has 3 rings (SSSR count). The molecule has 0 bridgehead atoms. The van der Waals surface area contributed by atoms with E-state index in [2.05, 4.69) is 49.8 Å². The van der Waals surface area contributed by atoms with Gasteiger partial charge in [-0.15, -0.1) is 0 Å². The van der Waals surface area contributed by atoms with Crippen LogP contribution in [-0.2, 0) is 6.54 Å². The number of benzene rings is 1. The molecule has 1 aromatic heterocycles. The Kier molecular flexibility index (Phi) is 5.22. The molecule has 0 N–H and O–H groups in total. The Bertz CT molecular complexity index is 785. The van der Waals surface area contributed by atoms with E-state index >= 15 is 0 Å². The van der Waals surface area contributed by atoms with Crippen molar-refractivity contribution < 1.29 is 4.79 Å². The molecule has 1 aromatic carbocycles. The van der Waals surface area contributed by atoms with Gasteiger partial charge in [0.15, 0.2) is 0 Å². The van der Waals surface area contributed by atoms with Crippen molar-refractivity contribution in [3.8, 4) is 0 Å². The molecule has 1 atom stereocenters. The van der Waals surface area contributed by atoms with Crippen LogP contribution in [0.3, 0.4) is 0 Å². The van der Waals surface area contributed by atoms with E-state index in [0.29, 0.717) is 12.6 Å². The Morgan fingerprint density at radius 3 is 2.65 bits per heavy atom. The topological polar surface area (TPSA) is 38.1 Å². The van der Waals surface area contributed by atoms with E-state index in [1.54, 1.807) is 0 Å². The van der Waals surface area contributed by atoms with Gasteiger partial charge in [-0.25, -0.2) is 0 Å². The molecule has 1 aliphatic heterocycles. The first-order chi connectivity index (χ1) is 12.2. The fourth-order valence-corrected chi connectivity index (χ4v) is 4.00. The van der Waals surface area contributed by atoms with Gasteiger partial charge in [0.2, 0.25) is 0 Å². The highest BCUT2D eigenvalue weighted by molar-refractivity contribution is 5.94. The molecule has 0 saturated carbocycles. The maximum Gasteiger partial charge on any atom is 0.254 e. The molecule has 1 saturated heterocycles. The lowest BCUT2D eigenvalue weighted by Gasteiger charge is -2.30. The highest BCUT2D eigenvalue weighted by Gasteiger charge is 2.32. The summed E-state index contributed by atoms with van der Waals surface area (Å²) in [6, 6.07) is 10.5. The molecule has 0 spiro atoms. The van der Waals surface area contributed by atoms with Gasteiger partial charge in [0.1, 0.15) is 0 Å². The number of carbonyl (C=O) groups excluding carboxylic acids is 1. The minimum Gasteiger partial charge on any atom is -0.336 e. The first kappa shape index (κ1) is 18.7. The summed E-state index contributed by atoms with van der Waals surface area (Å²) in [4.78, 5) is 15.2. The number of hydrogen-bond acceptors (Lipinski definition) is 2. The van der Waals surface area contributed by atoms with E-state index in [0.717, 1.165) is 48.3 Å². The summed E-state index contributed by atoms with van der Waals surface area (Å²) >= 11 is 0. The van der Waals surface area contributed by atoms with Crippen LogP contribution in [0, 0.1) is 19.3 Å². The Labute approximate surface area is 157 Å². The van der Waals surface area contributed by atoms with Crippen molar-refractivity contribution in [2.24, 2.45) is 5.41 Å². The number of aryl methyl sites for hydroxylation is 2. The number of likely N-dealkylation sites (tertiary alicyclic amines) is 1. The van der Waals surface area contributed by atoms with Crippen molar-refractivity contribution in [2.45, 2.75) is 66.5 Å². The number of carbonyl (C=O) groups is 1. The summed E-state index contributed by atoms with van der Waals surface area (Å²) in [5.74, 6) is 0.173. The van der Waals surface area contributed by atoms with Gasteiger partial charge in [0, 0.05) is 23.8 Å². The quantitative estimate of drug-likeness (QED) is 0.806. The van der Waals surface area contributed by atoms with Gasteiger partial charge in [0.05, 0.1) is 12.2 Å². The van der Waals surface area contributed by atoms with Gasteiger partial charge in [-0.05, 0) is 62.3 Å². The molecule has 26 heavy (non-hydrogen) atoms. The smallest absolute Gasteiger partial charge is 0.254 e. The van der Waals surface area contributed by atoms with Crippen LogP contribution >= 0.6 is 0 Å². The maximum absolute atomic E-state index is 13.1. The summed E-state index contributed by atoms with van der Waals surface area (Å²) in [5, 5.41) is 4.53. The SMILES string of the molecule is Cc1cc(C)n(Cc2cccc(C(=O)N3CCCC3CC(C)(C)C)c2)n1. The van der Waals surface area contributed by atoms with E-state index in [4.69, 9.17) is 0 Å². The summed E-state index contributed by atoms with van der Waals surface area (Å²) < 4.78 is 2.00. The molecule has 4 nitrogen and oxygen atoms in total. The van der Waals surface area contributed by atoms with Crippen molar-refractivity contribution in [3.63, 3.8) is 0 Å². The molecule has 0 radical (unpaired) electrons. The van der Waals surface area contributed by atoms with Crippen LogP contribution in [0.15, 0.2) is 30.3 Å². The molecule has 2 heterocycles. The van der Waals surface area contributed by atoms with Crippen LogP contribution in [0.1, 0.15) is 67.3 Å². The van der Waals surface area contributed by atoms with E-state index in [9.17, 15) is 4.79 Å². The van der Waals surface area contributed by atoms with Crippen molar-refractivity contribution in [3.05, 3.63) is 52.8 Å². The van der Waals surface area contributed by atoms with Crippen molar-refractivity contribution >= 4 is 5.91 Å². The summed E-state index contributed by atoms with van der Waals surface area (Å²) in [5.41, 5.74) is 4.32. The summed E-state index contributed by atoms with van der Waals surface area (Å²) in [6.07, 6.45) is 3.29. The lowest BCUT2D eigenvalue weighted by molar-refractivity contribution is 0.0704. The fraction of sp³-hybridized carbons (Fsp3) is 0.545. The van der Waals surface area contributed by atoms with Crippen LogP contribution < -0.4 is 0 Å². The Hall–Kier alpha value is -2.10. The molecule has 140 valence electrons. The molecule has 1 unspecified atom stereocenters. The number of nitrogens with zero attached hydrogens (tertiary/aromatic N) is 3. The highest BCUT2D eigenvalue weighted by Crippen LogP contribution is 2.31. The Balaban J connectivity index is 1.76. The zero-order valence-electron chi connectivity index (χ0n) is 16.7. The van der Waals surface area contributed by atoms with Crippen LogP contribution in [-0.4, -0.2) is 33.2 Å². The second-order valence-corrected chi connectivity index (χ2v) is 8.84. The second-order valence-electron chi connectivity index (χ2n) is 8.84. The molecule has 1 aliphatic rings. The molecule has 0 aliphatic carbocycles. The van der Waals surface area contributed by atoms with Crippen LogP contribution in [0.2, 0.25) is 0 Å². The number of aromatic nitrogens is 2. The monoisotopic (exact) mass is 353 g/mol. The van der Waals surface area contributed by atoms with E-state index in [1.807, 2.05) is 29.8 Å². The van der Waals surface area contributed by atoms with E-state index < -0.39 is 0 Å². The minimum absolute atomic E-state index is 0.173. The average molecular weight is 354 g/mol. The lowest BCUT2D eigenvalue weighted by Crippen LogP contribution is -2.37. The van der Waals surface area contributed by atoms with E-state index in [1.165, 1.54) is 0 Å². The second kappa shape index (κ2) is 7.26. The first-order valence-electron chi connectivity index (χ1n) is 9.64. The third-order valence-corrected chi connectivity index (χ3v) is 5.10. The van der Waals surface area contributed by atoms with Crippen LogP contribution in [0.25, 0.3) is 0 Å². The first-order valence-corrected chi connectivity index (χ1v) is 9.64. The van der Waals surface area contributed by atoms with Crippen LogP contribution in [0.4, 0.5) is 0 Å². The maximum atomic E-state index is 13.1. The highest BCUT2D eigenvalue weighted by atomic mass is 16.2. The fourth-order valence-electron chi connectivity index (χ4n) is 4.00. The molecular formula is C22H31N3O. The summed E-state index contributed by atoms with van der Waals surface area (Å²) in [7, 11) is 0. The third kappa shape index (κ3) is 4.35. The van der Waals surface area contributed by atoms with Gasteiger partial charge in [-0.1, -0.05) is 32.9 Å². The number of amides is 1. The predicted octanol–water partition coefficient (Wildman–Crippen LogP) is 4.59. The third-order valence-electron chi connectivity index (χ3n) is 5.10. The zero-order valence-corrected chi connectivity index (χ0v) is 16.7. The molecule has 1 amide bonds. The van der Waals surface area contributed by atoms with Gasteiger partial charge in [-0.2, -0.15) is 5.10 Å². The van der Waals surface area contributed by atoms with Gasteiger partial charge in [0.25, 0.3) is 5.91 Å². The van der Waals surface area contributed by atoms with Crippen molar-refractivity contribution in [1.29, 1.82) is 0 Å². The largest absolute Gasteiger partial charge is 0.336 e. The Morgan fingerprint density at radius 1 is 1.23 bits per heavy atom. The van der Waals surface area contributed by atoms with Crippen molar-refractivity contribution in [2.75, 3.05) is 6.54 Å². The summed E-state index contributed by atoms with van der Waals surface area (Å²) in [6.45, 7) is 12.4. The van der Waals surface area contributed by atoms with Gasteiger partial charge < -0.3 is 4.90 Å². The minimum atomic E-state index is 0.173. The predicted molar refractivity (Wildman–Crippen MR) is 105 cm³/mol. The van der Waals surface area contributed by atoms with Gasteiger partial charge in [-0.3, -0.25) is 9.48 Å². The number of hydrogen-bond donors (Lipinski definition) is 0. The number of rotatable bonds is 4. The normalized spacial score (nSPS) is 17.7. The average Bonchev–Trinajstić information content (AvgIpc) is 3.11.